The lowest BCUT2D eigenvalue weighted by atomic mass is 9.87. The number of rotatable bonds is 1. The van der Waals surface area contributed by atoms with Crippen molar-refractivity contribution in [1.82, 2.24) is 0 Å². The van der Waals surface area contributed by atoms with Gasteiger partial charge in [-0.15, -0.1) is 0 Å². The second-order valence-electron chi connectivity index (χ2n) is 3.07. The molecule has 0 bridgehead atoms. The molecule has 0 unspecified atom stereocenters. The second-order valence-corrected chi connectivity index (χ2v) is 5.35. The van der Waals surface area contributed by atoms with E-state index in [1.54, 1.807) is 0 Å². The van der Waals surface area contributed by atoms with Crippen molar-refractivity contribution >= 4 is 22.6 Å². The van der Waals surface area contributed by atoms with Crippen LogP contribution < -0.4 is 0 Å². The van der Waals surface area contributed by atoms with E-state index < -0.39 is 0 Å². The fourth-order valence-corrected chi connectivity index (χ4v) is 2.30. The summed E-state index contributed by atoms with van der Waals surface area (Å²) in [4.78, 5) is 0. The highest BCUT2D eigenvalue weighted by molar-refractivity contribution is 14.1. The van der Waals surface area contributed by atoms with E-state index in [4.69, 9.17) is 0 Å². The molecule has 0 radical (unpaired) electrons. The molecule has 0 spiro atoms. The third-order valence-corrected chi connectivity index (χ3v) is 4.22. The van der Waals surface area contributed by atoms with Crippen LogP contribution in [0, 0.1) is 0 Å². The first-order chi connectivity index (χ1) is 4.27. The number of hydrogen-bond acceptors (Lipinski definition) is 0. The van der Waals surface area contributed by atoms with Gasteiger partial charge in [-0.3, -0.25) is 0 Å². The van der Waals surface area contributed by atoms with Gasteiger partial charge in [-0.2, -0.15) is 0 Å². The molecule has 1 aliphatic carbocycles. The summed E-state index contributed by atoms with van der Waals surface area (Å²) in [5.74, 6) is 0. The zero-order valence-corrected chi connectivity index (χ0v) is 8.28. The Bertz CT molecular complexity index is 82.6. The Morgan fingerprint density at radius 1 is 1.22 bits per heavy atom. The van der Waals surface area contributed by atoms with Gasteiger partial charge in [0, 0.05) is 3.42 Å². The Kier molecular flexibility index (Phi) is 2.80. The van der Waals surface area contributed by atoms with Crippen molar-refractivity contribution in [2.75, 3.05) is 0 Å². The van der Waals surface area contributed by atoms with Crippen molar-refractivity contribution in [2.24, 2.45) is 0 Å². The molecule has 0 aromatic carbocycles. The molecule has 0 N–H and O–H groups in total. The van der Waals surface area contributed by atoms with Gasteiger partial charge in [-0.25, -0.2) is 0 Å². The van der Waals surface area contributed by atoms with Crippen LogP contribution >= 0.6 is 22.6 Å². The maximum absolute atomic E-state index is 2.65. The molecule has 0 saturated heterocycles. The van der Waals surface area contributed by atoms with Crippen LogP contribution in [0.5, 0.6) is 0 Å². The molecule has 1 rings (SSSR count). The minimum Gasteiger partial charge on any atom is -0.0789 e. The largest absolute Gasteiger partial charge is 0.0789 e. The van der Waals surface area contributed by atoms with Crippen LogP contribution in [0.15, 0.2) is 0 Å². The van der Waals surface area contributed by atoms with E-state index in [0.717, 1.165) is 0 Å². The number of hydrogen-bond donors (Lipinski definition) is 0. The summed E-state index contributed by atoms with van der Waals surface area (Å²) in [6.45, 7) is 2.32. The van der Waals surface area contributed by atoms with E-state index in [0.29, 0.717) is 3.42 Å². The average Bonchev–Trinajstić information content (AvgIpc) is 1.90. The van der Waals surface area contributed by atoms with E-state index in [-0.39, 0.29) is 0 Å². The standard InChI is InChI=1S/C8H15I/c1-2-8(9)6-4-3-5-7-8/h2-7H2,1H3. The summed E-state index contributed by atoms with van der Waals surface area (Å²) in [7, 11) is 0. The van der Waals surface area contributed by atoms with Crippen molar-refractivity contribution < 1.29 is 0 Å². The van der Waals surface area contributed by atoms with Crippen molar-refractivity contribution in [3.05, 3.63) is 0 Å². The summed E-state index contributed by atoms with van der Waals surface area (Å²) in [6.07, 6.45) is 8.71. The zero-order chi connectivity index (χ0) is 6.74. The van der Waals surface area contributed by atoms with Crippen LogP contribution in [0.1, 0.15) is 45.4 Å². The van der Waals surface area contributed by atoms with E-state index >= 15 is 0 Å². The minimum atomic E-state index is 0.690. The predicted octanol–water partition coefficient (Wildman–Crippen LogP) is 3.53. The molecule has 0 aromatic heterocycles. The monoisotopic (exact) mass is 238 g/mol. The topological polar surface area (TPSA) is 0 Å². The Hall–Kier alpha value is 0.730. The van der Waals surface area contributed by atoms with Crippen LogP contribution in [0.4, 0.5) is 0 Å². The maximum Gasteiger partial charge on any atom is 0.0219 e. The maximum atomic E-state index is 2.65. The third kappa shape index (κ3) is 2.10. The molecule has 1 saturated carbocycles. The highest BCUT2D eigenvalue weighted by atomic mass is 127. The van der Waals surface area contributed by atoms with E-state index in [1.807, 2.05) is 0 Å². The molecule has 1 fully saturated rings. The summed E-state index contributed by atoms with van der Waals surface area (Å²) in [6, 6.07) is 0. The summed E-state index contributed by atoms with van der Waals surface area (Å²) in [5, 5.41) is 0. The van der Waals surface area contributed by atoms with Gasteiger partial charge in [0.05, 0.1) is 0 Å². The van der Waals surface area contributed by atoms with E-state index in [2.05, 4.69) is 29.5 Å². The molecule has 1 heteroatoms. The van der Waals surface area contributed by atoms with E-state index in [1.165, 1.54) is 38.5 Å². The molecule has 0 amide bonds. The zero-order valence-electron chi connectivity index (χ0n) is 6.12. The fraction of sp³-hybridized carbons (Fsp3) is 1.00. The van der Waals surface area contributed by atoms with Crippen LogP contribution in [0.3, 0.4) is 0 Å². The van der Waals surface area contributed by atoms with Crippen molar-refractivity contribution in [3.63, 3.8) is 0 Å². The smallest absolute Gasteiger partial charge is 0.0219 e. The molecule has 1 aliphatic rings. The summed E-state index contributed by atoms with van der Waals surface area (Å²) >= 11 is 2.65. The summed E-state index contributed by atoms with van der Waals surface area (Å²) < 4.78 is 0.690. The summed E-state index contributed by atoms with van der Waals surface area (Å²) in [5.41, 5.74) is 0. The van der Waals surface area contributed by atoms with Crippen LogP contribution in [-0.2, 0) is 0 Å². The van der Waals surface area contributed by atoms with Crippen molar-refractivity contribution in [3.8, 4) is 0 Å². The molecule has 0 aromatic rings. The Morgan fingerprint density at radius 2 is 1.78 bits per heavy atom. The first-order valence-corrected chi connectivity index (χ1v) is 5.04. The molecular formula is C8H15I. The molecule has 0 atom stereocenters. The van der Waals surface area contributed by atoms with Gasteiger partial charge >= 0.3 is 0 Å². The lowest BCUT2D eigenvalue weighted by molar-refractivity contribution is 0.407. The average molecular weight is 238 g/mol. The molecule has 9 heavy (non-hydrogen) atoms. The normalized spacial score (nSPS) is 26.0. The van der Waals surface area contributed by atoms with Gasteiger partial charge in [0.25, 0.3) is 0 Å². The van der Waals surface area contributed by atoms with Crippen molar-refractivity contribution in [1.29, 1.82) is 0 Å². The predicted molar refractivity (Wildman–Crippen MR) is 50.1 cm³/mol. The van der Waals surface area contributed by atoms with Crippen LogP contribution in [0.2, 0.25) is 0 Å². The first kappa shape index (κ1) is 7.83. The Morgan fingerprint density at radius 3 is 2.11 bits per heavy atom. The molecule has 0 heterocycles. The molecule has 0 aliphatic heterocycles. The third-order valence-electron chi connectivity index (χ3n) is 2.38. The quantitative estimate of drug-likeness (QED) is 0.484. The van der Waals surface area contributed by atoms with Crippen molar-refractivity contribution in [2.45, 2.75) is 48.9 Å². The second kappa shape index (κ2) is 3.22. The van der Waals surface area contributed by atoms with Gasteiger partial charge in [-0.1, -0.05) is 48.8 Å². The van der Waals surface area contributed by atoms with Gasteiger partial charge in [0.1, 0.15) is 0 Å². The van der Waals surface area contributed by atoms with Gasteiger partial charge < -0.3 is 0 Å². The highest BCUT2D eigenvalue weighted by Crippen LogP contribution is 2.38. The Labute approximate surface area is 71.5 Å². The van der Waals surface area contributed by atoms with Crippen LogP contribution in [0.25, 0.3) is 0 Å². The number of halogens is 1. The lowest BCUT2D eigenvalue weighted by Gasteiger charge is -2.30. The van der Waals surface area contributed by atoms with E-state index in [9.17, 15) is 0 Å². The lowest BCUT2D eigenvalue weighted by Crippen LogP contribution is -2.22. The fourth-order valence-electron chi connectivity index (χ4n) is 1.54. The van der Waals surface area contributed by atoms with Gasteiger partial charge in [0.15, 0.2) is 0 Å². The Balaban J connectivity index is 2.37. The first-order valence-electron chi connectivity index (χ1n) is 3.96. The SMILES string of the molecule is CCC1(I)CCCCC1. The molecular weight excluding hydrogens is 223 g/mol. The number of alkyl halides is 1. The van der Waals surface area contributed by atoms with Gasteiger partial charge in [0.2, 0.25) is 0 Å². The molecule has 0 nitrogen and oxygen atoms in total. The van der Waals surface area contributed by atoms with Crippen LogP contribution in [-0.4, -0.2) is 3.42 Å². The van der Waals surface area contributed by atoms with Gasteiger partial charge in [-0.05, 0) is 19.3 Å². The molecule has 54 valence electrons. The highest BCUT2D eigenvalue weighted by Gasteiger charge is 2.25. The minimum absolute atomic E-state index is 0.690.